The molecule has 1 aromatic heterocycles. The van der Waals surface area contributed by atoms with Crippen LogP contribution >= 0.6 is 12.0 Å². The lowest BCUT2D eigenvalue weighted by Crippen LogP contribution is -2.02. The Morgan fingerprint density at radius 2 is 1.35 bits per heavy atom. The minimum atomic E-state index is -1.02. The molecule has 9 rings (SSSR count). The molecule has 1 aliphatic heterocycles. The van der Waals surface area contributed by atoms with Crippen LogP contribution in [0.15, 0.2) is 145 Å². The number of carbonyl (C=O) groups is 1. The van der Waals surface area contributed by atoms with E-state index in [1.807, 2.05) is 42.5 Å². The predicted octanol–water partition coefficient (Wildman–Crippen LogP) is 11.3. The summed E-state index contributed by atoms with van der Waals surface area (Å²) >= 11 is 0.602. The highest BCUT2D eigenvalue weighted by Crippen LogP contribution is 2.46. The SMILES string of the molecule is Nc1nc(O)nc(Nc2ccc3c(O)c(N=Nc4ccc5c6cc(ccc46)Cc4ccc6c(N=Nc7ccc(C(=O)O)cc7)ccc(c6c4)N=N5)c(SOOO)cc3c2)n1. The molecule has 2 heterocycles. The van der Waals surface area contributed by atoms with Crippen LogP contribution < -0.4 is 11.1 Å². The number of phenols is 1. The van der Waals surface area contributed by atoms with E-state index in [-0.39, 0.29) is 33.8 Å². The van der Waals surface area contributed by atoms with Crippen molar-refractivity contribution in [3.05, 3.63) is 126 Å². The Morgan fingerprint density at radius 3 is 1.98 bits per heavy atom. The van der Waals surface area contributed by atoms with E-state index in [0.717, 1.165) is 32.7 Å². The molecule has 0 atom stereocenters. The number of carboxylic acid groups (broad SMARTS) is 1. The Kier molecular flexibility index (Phi) is 9.87. The van der Waals surface area contributed by atoms with Gasteiger partial charge in [-0.1, -0.05) is 29.3 Å². The van der Waals surface area contributed by atoms with Gasteiger partial charge in [-0.25, -0.2) is 10.1 Å². The number of nitrogen functional groups attached to an aromatic ring is 1. The molecule has 8 aromatic rings. The molecule has 294 valence electrons. The minimum Gasteiger partial charge on any atom is -0.505 e. The van der Waals surface area contributed by atoms with Crippen LogP contribution in [-0.4, -0.2) is 41.5 Å². The van der Waals surface area contributed by atoms with E-state index in [2.05, 4.69) is 62.1 Å². The average Bonchev–Trinajstić information content (AvgIpc) is 3.25. The zero-order valence-corrected chi connectivity index (χ0v) is 31.4. The molecule has 0 spiro atoms. The number of rotatable bonds is 10. The Balaban J connectivity index is 1.05. The van der Waals surface area contributed by atoms with E-state index in [0.29, 0.717) is 63.4 Å². The Labute approximate surface area is 341 Å². The summed E-state index contributed by atoms with van der Waals surface area (Å²) in [6, 6.07) is 31.5. The van der Waals surface area contributed by atoms with Gasteiger partial charge in [0.2, 0.25) is 11.9 Å². The lowest BCUT2D eigenvalue weighted by Gasteiger charge is -2.11. The lowest BCUT2D eigenvalue weighted by atomic mass is 9.97. The summed E-state index contributed by atoms with van der Waals surface area (Å²) in [5.41, 5.74) is 11.2. The first-order chi connectivity index (χ1) is 29.2. The zero-order valence-electron chi connectivity index (χ0n) is 30.6. The van der Waals surface area contributed by atoms with Crippen molar-refractivity contribution in [2.75, 3.05) is 11.1 Å². The molecule has 4 bridgehead atoms. The number of nitrogens with one attached hydrogen (secondary N) is 1. The van der Waals surface area contributed by atoms with Gasteiger partial charge in [0.25, 0.3) is 0 Å². The quantitative estimate of drug-likeness (QED) is 0.0325. The number of benzene rings is 7. The van der Waals surface area contributed by atoms with E-state index < -0.39 is 12.0 Å². The fourth-order valence-electron chi connectivity index (χ4n) is 6.73. The third kappa shape index (κ3) is 7.57. The summed E-state index contributed by atoms with van der Waals surface area (Å²) in [4.78, 5) is 22.8. The number of fused-ring (bicyclic) bond motifs is 3. The summed E-state index contributed by atoms with van der Waals surface area (Å²) in [7, 11) is 0. The first-order valence-electron chi connectivity index (χ1n) is 17.8. The second-order valence-corrected chi connectivity index (χ2v) is 14.0. The first kappa shape index (κ1) is 37.6. The molecular formula is C41H27N11O7S. The fraction of sp³-hybridized carbons (Fsp3) is 0.0244. The number of azo groups is 3. The standard InChI is InChI=1S/C41H27N11O7S/c42-39-44-40(46-41(56)45-39)43-25-7-10-26-23(18-25)19-35(60-59-58-57)36(37(26)53)52-51-32-12-14-34-30-17-21(2-9-28(30)32)15-20-1-8-27-29(16-20)33(49-50-34)13-11-31(27)48-47-24-5-3-22(4-6-24)38(54)55/h1-14,16-19,53,57H,15H2,(H,54,55)(H4,42,43,44,45,46,56). The van der Waals surface area contributed by atoms with Crippen molar-refractivity contribution >= 4 is 102 Å². The van der Waals surface area contributed by atoms with Gasteiger partial charge in [-0.2, -0.15) is 20.1 Å². The van der Waals surface area contributed by atoms with E-state index in [1.54, 1.807) is 48.5 Å². The van der Waals surface area contributed by atoms with Crippen LogP contribution in [0.1, 0.15) is 21.5 Å². The number of nitrogens with two attached hydrogens (primary N) is 1. The molecule has 0 unspecified atom stereocenters. The van der Waals surface area contributed by atoms with E-state index in [9.17, 15) is 20.1 Å². The van der Waals surface area contributed by atoms with Crippen LogP contribution in [0.3, 0.4) is 0 Å². The van der Waals surface area contributed by atoms with Crippen LogP contribution in [-0.2, 0) is 15.8 Å². The number of aromatic carboxylic acids is 1. The summed E-state index contributed by atoms with van der Waals surface area (Å²) in [6.07, 6.45) is 0.611. The van der Waals surface area contributed by atoms with Crippen molar-refractivity contribution in [1.82, 2.24) is 15.0 Å². The first-order valence-corrected chi connectivity index (χ1v) is 18.5. The molecule has 0 saturated carbocycles. The molecule has 1 aliphatic rings. The summed E-state index contributed by atoms with van der Waals surface area (Å²) in [6.45, 7) is 0. The molecule has 60 heavy (non-hydrogen) atoms. The summed E-state index contributed by atoms with van der Waals surface area (Å²) < 4.78 is 4.74. The lowest BCUT2D eigenvalue weighted by molar-refractivity contribution is -0.432. The Morgan fingerprint density at radius 1 is 0.700 bits per heavy atom. The van der Waals surface area contributed by atoms with Gasteiger partial charge in [-0.3, -0.25) is 0 Å². The highest BCUT2D eigenvalue weighted by molar-refractivity contribution is 7.94. The summed E-state index contributed by atoms with van der Waals surface area (Å²) in [5.74, 6) is -1.41. The van der Waals surface area contributed by atoms with Crippen LogP contribution in [0, 0.1) is 0 Å². The summed E-state index contributed by atoms with van der Waals surface area (Å²) in [5, 5.41) is 77.4. The molecular weight excluding hydrogens is 791 g/mol. The smallest absolute Gasteiger partial charge is 0.335 e. The van der Waals surface area contributed by atoms with E-state index in [4.69, 9.17) is 15.3 Å². The van der Waals surface area contributed by atoms with Crippen molar-refractivity contribution < 1.29 is 34.7 Å². The number of phenolic OH excluding ortho intramolecular Hbond substituents is 1. The minimum absolute atomic E-state index is 0.00511. The molecule has 7 N–H and O–H groups in total. The largest absolute Gasteiger partial charge is 0.505 e. The van der Waals surface area contributed by atoms with Crippen LogP contribution in [0.2, 0.25) is 0 Å². The third-order valence-electron chi connectivity index (χ3n) is 9.49. The number of hydrogen-bond donors (Lipinski definition) is 6. The molecule has 0 amide bonds. The fourth-order valence-corrected chi connectivity index (χ4v) is 7.23. The van der Waals surface area contributed by atoms with Gasteiger partial charge in [0, 0.05) is 32.6 Å². The van der Waals surface area contributed by atoms with Crippen molar-refractivity contribution in [2.24, 2.45) is 30.7 Å². The van der Waals surface area contributed by atoms with E-state index >= 15 is 0 Å². The predicted molar refractivity (Wildman–Crippen MR) is 222 cm³/mol. The maximum absolute atomic E-state index is 11.5. The van der Waals surface area contributed by atoms with Crippen molar-refractivity contribution in [2.45, 2.75) is 11.3 Å². The maximum atomic E-state index is 11.5. The molecule has 18 nitrogen and oxygen atoms in total. The molecule has 7 aromatic carbocycles. The number of anilines is 3. The maximum Gasteiger partial charge on any atom is 0.335 e. The number of nitrogens with zero attached hydrogens (tertiary/aromatic N) is 9. The van der Waals surface area contributed by atoms with Gasteiger partial charge in [0.15, 0.2) is 5.75 Å². The monoisotopic (exact) mass is 817 g/mol. The Bertz CT molecular complexity index is 3110. The van der Waals surface area contributed by atoms with Crippen LogP contribution in [0.5, 0.6) is 11.8 Å². The van der Waals surface area contributed by atoms with Crippen molar-refractivity contribution in [3.63, 3.8) is 0 Å². The number of aromatic nitrogens is 3. The van der Waals surface area contributed by atoms with Gasteiger partial charge < -0.3 is 26.4 Å². The van der Waals surface area contributed by atoms with Crippen LogP contribution in [0.4, 0.5) is 51.7 Å². The molecule has 0 saturated heterocycles. The molecule has 0 radical (unpaired) electrons. The zero-order chi connectivity index (χ0) is 41.3. The van der Waals surface area contributed by atoms with Gasteiger partial charge in [0.05, 0.1) is 50.9 Å². The molecule has 0 aliphatic carbocycles. The Hall–Kier alpha value is -7.97. The highest BCUT2D eigenvalue weighted by atomic mass is 32.2. The third-order valence-corrected chi connectivity index (χ3v) is 10.1. The highest BCUT2D eigenvalue weighted by Gasteiger charge is 2.18. The average molecular weight is 818 g/mol. The van der Waals surface area contributed by atoms with Gasteiger partial charge in [-0.05, 0) is 108 Å². The number of carboxylic acids is 1. The van der Waals surface area contributed by atoms with Gasteiger partial charge >= 0.3 is 12.0 Å². The number of hydrogen-bond acceptors (Lipinski definition) is 18. The van der Waals surface area contributed by atoms with Gasteiger partial charge in [-0.15, -0.1) is 29.9 Å². The molecule has 19 heteroatoms. The van der Waals surface area contributed by atoms with Gasteiger partial charge in [0.1, 0.15) is 5.69 Å². The van der Waals surface area contributed by atoms with E-state index in [1.165, 1.54) is 12.1 Å². The van der Waals surface area contributed by atoms with Crippen LogP contribution in [0.25, 0.3) is 32.3 Å². The topological polar surface area (TPSA) is 267 Å². The normalized spacial score (nSPS) is 12.3. The molecule has 0 fully saturated rings. The second kappa shape index (κ2) is 15.8. The number of aromatic hydroxyl groups is 2. The van der Waals surface area contributed by atoms with Crippen molar-refractivity contribution in [1.29, 1.82) is 0 Å². The van der Waals surface area contributed by atoms with Crippen molar-refractivity contribution in [3.8, 4) is 11.8 Å². The second-order valence-electron chi connectivity index (χ2n) is 13.3.